The minimum atomic E-state index is -1.08. The first-order valence-electron chi connectivity index (χ1n) is 5.02. The van der Waals surface area contributed by atoms with E-state index in [4.69, 9.17) is 9.90 Å². The van der Waals surface area contributed by atoms with E-state index in [0.29, 0.717) is 0 Å². The van der Waals surface area contributed by atoms with Gasteiger partial charge in [-0.15, -0.1) is 0 Å². The van der Waals surface area contributed by atoms with E-state index in [1.807, 2.05) is 0 Å². The summed E-state index contributed by atoms with van der Waals surface area (Å²) in [5, 5.41) is 8.89. The van der Waals surface area contributed by atoms with Gasteiger partial charge in [0.1, 0.15) is 11.4 Å². The van der Waals surface area contributed by atoms with Crippen LogP contribution in [0.25, 0.3) is 0 Å². The largest absolute Gasteiger partial charge is 0.550 e. The minimum absolute atomic E-state index is 0.972. The van der Waals surface area contributed by atoms with Crippen LogP contribution in [-0.4, -0.2) is 10.5 Å². The molecule has 0 aromatic carbocycles. The molecule has 0 atom stereocenters. The third kappa shape index (κ3) is 3.38. The van der Waals surface area contributed by atoms with Crippen LogP contribution >= 0.6 is 0 Å². The molecule has 4 nitrogen and oxygen atoms in total. The molecule has 0 bridgehead atoms. The molecule has 15 heavy (non-hydrogen) atoms. The van der Waals surface area contributed by atoms with E-state index < -0.39 is 5.97 Å². The number of nitrogens with zero attached hydrogens (tertiary/aromatic N) is 2. The van der Waals surface area contributed by atoms with E-state index in [1.165, 1.54) is 17.2 Å². The Morgan fingerprint density at radius 1 is 1.40 bits per heavy atom. The summed E-state index contributed by atoms with van der Waals surface area (Å²) in [6.45, 7) is 10.7. The molecule has 0 radical (unpaired) electrons. The van der Waals surface area contributed by atoms with Crippen LogP contribution in [0.4, 0.5) is 0 Å². The first kappa shape index (κ1) is 13.7. The highest BCUT2D eigenvalue weighted by atomic mass is 16.4. The quantitative estimate of drug-likeness (QED) is 0.616. The first-order valence-corrected chi connectivity index (χ1v) is 5.02. The summed E-state index contributed by atoms with van der Waals surface area (Å²) < 4.78 is 4.56. The highest BCUT2D eigenvalue weighted by Gasteiger charge is 2.16. The summed E-state index contributed by atoms with van der Waals surface area (Å²) in [5.74, 6) is 0.252. The molecule has 0 aliphatic heterocycles. The normalized spacial score (nSPS) is 9.47. The average molecular weight is 212 g/mol. The van der Waals surface area contributed by atoms with Crippen LogP contribution in [0.3, 0.4) is 0 Å². The molecule has 0 saturated heterocycles. The fourth-order valence-electron chi connectivity index (χ4n) is 1.57. The summed E-state index contributed by atoms with van der Waals surface area (Å²) >= 11 is 0. The summed E-state index contributed by atoms with van der Waals surface area (Å²) in [6.07, 6.45) is 0. The van der Waals surface area contributed by atoms with Crippen molar-refractivity contribution in [3.8, 4) is 0 Å². The lowest BCUT2D eigenvalue weighted by atomic mass is 10.4. The molecule has 1 rings (SSSR count). The maximum atomic E-state index is 8.89. The third-order valence-corrected chi connectivity index (χ3v) is 2.62. The molecule has 1 aromatic rings. The number of aliphatic carboxylic acids is 1. The van der Waals surface area contributed by atoms with Crippen LogP contribution in [0.1, 0.15) is 31.1 Å². The highest BCUT2D eigenvalue weighted by Crippen LogP contribution is 2.05. The molecule has 4 heteroatoms. The summed E-state index contributed by atoms with van der Waals surface area (Å²) in [5.41, 5.74) is 2.75. The molecule has 0 saturated carbocycles. The Labute approximate surface area is 91.2 Å². The number of hydrogen-bond donors (Lipinski definition) is 0. The minimum Gasteiger partial charge on any atom is -0.550 e. The van der Waals surface area contributed by atoms with Crippen molar-refractivity contribution in [3.05, 3.63) is 17.2 Å². The van der Waals surface area contributed by atoms with Gasteiger partial charge >= 0.3 is 0 Å². The standard InChI is InChI=1S/C9H17N2.C2H4O2/c1-6-11-8(3)7(2)10(5)9(11)4;1-2(3)4/h6H2,1-5H3;1H3,(H,3,4)/q+1;/p-1. The molecule has 0 aliphatic rings. The predicted molar refractivity (Wildman–Crippen MR) is 56.2 cm³/mol. The van der Waals surface area contributed by atoms with Gasteiger partial charge in [0.2, 0.25) is 0 Å². The van der Waals surface area contributed by atoms with Crippen LogP contribution in [0.2, 0.25) is 0 Å². The van der Waals surface area contributed by atoms with Gasteiger partial charge in [-0.2, -0.15) is 0 Å². The van der Waals surface area contributed by atoms with Gasteiger partial charge in [-0.3, -0.25) is 0 Å². The SMILES string of the molecule is CC(=O)[O-].CCn1c(C)c(C)[n+](C)c1C. The zero-order chi connectivity index (χ0) is 12.2. The van der Waals surface area contributed by atoms with Crippen molar-refractivity contribution in [1.29, 1.82) is 0 Å². The zero-order valence-electron chi connectivity index (χ0n) is 10.4. The van der Waals surface area contributed by atoms with Crippen LogP contribution in [-0.2, 0) is 18.4 Å². The van der Waals surface area contributed by atoms with Gasteiger partial charge in [0.15, 0.2) is 0 Å². The van der Waals surface area contributed by atoms with Gasteiger partial charge in [0.05, 0.1) is 13.6 Å². The number of rotatable bonds is 1. The topological polar surface area (TPSA) is 48.9 Å². The molecular formula is C11H20N2O2. The van der Waals surface area contributed by atoms with Crippen molar-refractivity contribution in [2.45, 2.75) is 41.2 Å². The van der Waals surface area contributed by atoms with E-state index in [0.717, 1.165) is 13.5 Å². The number of hydrogen-bond acceptors (Lipinski definition) is 2. The number of carboxylic acids is 1. The van der Waals surface area contributed by atoms with Gasteiger partial charge in [-0.05, 0) is 13.8 Å². The second kappa shape index (κ2) is 5.53. The number of carbonyl (C=O) groups is 1. The number of carboxylic acid groups (broad SMARTS) is 1. The van der Waals surface area contributed by atoms with Gasteiger partial charge in [0, 0.05) is 26.7 Å². The van der Waals surface area contributed by atoms with Crippen molar-refractivity contribution < 1.29 is 14.5 Å². The second-order valence-corrected chi connectivity index (χ2v) is 3.51. The van der Waals surface area contributed by atoms with E-state index >= 15 is 0 Å². The van der Waals surface area contributed by atoms with Gasteiger partial charge in [0.25, 0.3) is 5.82 Å². The fourth-order valence-corrected chi connectivity index (χ4v) is 1.57. The van der Waals surface area contributed by atoms with Crippen LogP contribution in [0, 0.1) is 20.8 Å². The summed E-state index contributed by atoms with van der Waals surface area (Å²) in [6, 6.07) is 0. The summed E-state index contributed by atoms with van der Waals surface area (Å²) in [7, 11) is 2.11. The lowest BCUT2D eigenvalue weighted by Gasteiger charge is -1.93. The first-order chi connectivity index (χ1) is 6.82. The van der Waals surface area contributed by atoms with Crippen LogP contribution < -0.4 is 9.67 Å². The van der Waals surface area contributed by atoms with E-state index in [1.54, 1.807) is 0 Å². The van der Waals surface area contributed by atoms with Crippen molar-refractivity contribution in [2.75, 3.05) is 0 Å². The van der Waals surface area contributed by atoms with Crippen molar-refractivity contribution >= 4 is 5.97 Å². The zero-order valence-corrected chi connectivity index (χ0v) is 10.4. The lowest BCUT2D eigenvalue weighted by molar-refractivity contribution is -0.683. The Morgan fingerprint density at radius 3 is 1.93 bits per heavy atom. The Balaban J connectivity index is 0.000000423. The molecule has 0 amide bonds. The molecule has 0 spiro atoms. The third-order valence-electron chi connectivity index (χ3n) is 2.62. The highest BCUT2D eigenvalue weighted by molar-refractivity contribution is 5.60. The van der Waals surface area contributed by atoms with Crippen molar-refractivity contribution in [1.82, 2.24) is 4.57 Å². The predicted octanol–water partition coefficient (Wildman–Crippen LogP) is 0.0140. The Bertz CT molecular complexity index is 324. The van der Waals surface area contributed by atoms with Crippen LogP contribution in [0.5, 0.6) is 0 Å². The molecule has 0 fully saturated rings. The average Bonchev–Trinajstić information content (AvgIpc) is 2.30. The van der Waals surface area contributed by atoms with E-state index in [9.17, 15) is 0 Å². The Kier molecular flexibility index (Phi) is 5.05. The number of carbonyl (C=O) groups excluding carboxylic acids is 1. The van der Waals surface area contributed by atoms with Gasteiger partial charge in [-0.1, -0.05) is 0 Å². The molecule has 1 aromatic heterocycles. The molecule has 0 unspecified atom stereocenters. The summed E-state index contributed by atoms with van der Waals surface area (Å²) in [4.78, 5) is 8.89. The smallest absolute Gasteiger partial charge is 0.253 e. The maximum absolute atomic E-state index is 8.89. The van der Waals surface area contributed by atoms with E-state index in [-0.39, 0.29) is 0 Å². The van der Waals surface area contributed by atoms with Gasteiger partial charge < -0.3 is 9.90 Å². The Hall–Kier alpha value is -1.32. The fraction of sp³-hybridized carbons (Fsp3) is 0.636. The molecule has 1 heterocycles. The molecular weight excluding hydrogens is 192 g/mol. The monoisotopic (exact) mass is 212 g/mol. The van der Waals surface area contributed by atoms with Crippen molar-refractivity contribution in [3.63, 3.8) is 0 Å². The molecule has 86 valence electrons. The van der Waals surface area contributed by atoms with Crippen LogP contribution in [0.15, 0.2) is 0 Å². The number of imidazole rings is 1. The van der Waals surface area contributed by atoms with Crippen molar-refractivity contribution in [2.24, 2.45) is 7.05 Å². The number of aromatic nitrogens is 2. The van der Waals surface area contributed by atoms with E-state index in [2.05, 4.69) is 43.9 Å². The molecule has 0 aliphatic carbocycles. The maximum Gasteiger partial charge on any atom is 0.253 e. The van der Waals surface area contributed by atoms with Gasteiger partial charge in [-0.25, -0.2) is 9.13 Å². The second-order valence-electron chi connectivity index (χ2n) is 3.51. The Morgan fingerprint density at radius 2 is 1.80 bits per heavy atom. The lowest BCUT2D eigenvalue weighted by Crippen LogP contribution is -2.33. The molecule has 0 N–H and O–H groups in total.